The number of hydrogen-bond donors (Lipinski definition) is 2. The van der Waals surface area contributed by atoms with Crippen LogP contribution in [-0.4, -0.2) is 24.6 Å². The lowest BCUT2D eigenvalue weighted by molar-refractivity contribution is 0.0917. The minimum atomic E-state index is -0.799. The van der Waals surface area contributed by atoms with E-state index in [4.69, 9.17) is 10.5 Å². The highest BCUT2D eigenvalue weighted by molar-refractivity contribution is 5.96. The molecule has 1 aromatic rings. The number of halogens is 2. The van der Waals surface area contributed by atoms with Gasteiger partial charge in [0.15, 0.2) is 0 Å². The van der Waals surface area contributed by atoms with Crippen LogP contribution < -0.4 is 15.8 Å². The van der Waals surface area contributed by atoms with E-state index in [0.717, 1.165) is 0 Å². The molecule has 4 nitrogen and oxygen atoms in total. The molecule has 122 valence electrons. The number of carbonyl (C=O) groups is 1. The molecule has 0 unspecified atom stereocenters. The standard InChI is InChI=1S/C16H22F2N2O2/c1-16(2,3)20-15(21)14-5-4-13(6-12(14)8-18)22-10-11(7-17)9-19/h4-7H,8-10,19H2,1-3H3,(H,20,21)/b11-7+. The molecule has 0 bridgehead atoms. The molecule has 0 saturated heterocycles. The number of hydrogen-bond acceptors (Lipinski definition) is 3. The quantitative estimate of drug-likeness (QED) is 0.849. The van der Waals surface area contributed by atoms with Crippen molar-refractivity contribution in [2.45, 2.75) is 33.0 Å². The minimum Gasteiger partial charge on any atom is -0.489 e. The Morgan fingerprint density at radius 1 is 1.41 bits per heavy atom. The molecule has 0 aliphatic rings. The van der Waals surface area contributed by atoms with Crippen molar-refractivity contribution in [1.82, 2.24) is 5.32 Å². The molecule has 0 radical (unpaired) electrons. The van der Waals surface area contributed by atoms with Crippen LogP contribution in [0, 0.1) is 0 Å². The molecule has 0 fully saturated rings. The van der Waals surface area contributed by atoms with Gasteiger partial charge in [-0.1, -0.05) is 0 Å². The summed E-state index contributed by atoms with van der Waals surface area (Å²) in [6, 6.07) is 4.47. The maximum absolute atomic E-state index is 13.2. The van der Waals surface area contributed by atoms with Crippen molar-refractivity contribution in [3.63, 3.8) is 0 Å². The average molecular weight is 312 g/mol. The summed E-state index contributed by atoms with van der Waals surface area (Å²) in [6.07, 6.45) is 0.390. The van der Waals surface area contributed by atoms with E-state index < -0.39 is 12.2 Å². The molecular formula is C16H22F2N2O2. The highest BCUT2D eigenvalue weighted by Crippen LogP contribution is 2.20. The topological polar surface area (TPSA) is 64.3 Å². The fourth-order valence-corrected chi connectivity index (χ4v) is 1.71. The molecule has 0 aliphatic heterocycles. The Balaban J connectivity index is 2.89. The molecule has 1 amide bonds. The van der Waals surface area contributed by atoms with Gasteiger partial charge < -0.3 is 15.8 Å². The summed E-state index contributed by atoms with van der Waals surface area (Å²) >= 11 is 0. The Hall–Kier alpha value is -1.95. The normalized spacial score (nSPS) is 12.2. The second kappa shape index (κ2) is 7.89. The number of alkyl halides is 1. The lowest BCUT2D eigenvalue weighted by Gasteiger charge is -2.21. The summed E-state index contributed by atoms with van der Waals surface area (Å²) < 4.78 is 30.9. The van der Waals surface area contributed by atoms with E-state index >= 15 is 0 Å². The van der Waals surface area contributed by atoms with Crippen molar-refractivity contribution in [2.75, 3.05) is 13.2 Å². The maximum atomic E-state index is 13.2. The van der Waals surface area contributed by atoms with Crippen LogP contribution in [0.15, 0.2) is 30.1 Å². The summed E-state index contributed by atoms with van der Waals surface area (Å²) in [5, 5.41) is 2.78. The summed E-state index contributed by atoms with van der Waals surface area (Å²) in [5.74, 6) is 0.00533. The minimum absolute atomic E-state index is 0.0216. The molecule has 3 N–H and O–H groups in total. The summed E-state index contributed by atoms with van der Waals surface area (Å²) in [6.45, 7) is 4.75. The van der Waals surface area contributed by atoms with Crippen LogP contribution in [0.4, 0.5) is 8.78 Å². The van der Waals surface area contributed by atoms with E-state index in [1.807, 2.05) is 20.8 Å². The zero-order valence-electron chi connectivity index (χ0n) is 13.1. The molecule has 1 aromatic carbocycles. The second-order valence-corrected chi connectivity index (χ2v) is 5.92. The lowest BCUT2D eigenvalue weighted by atomic mass is 10.0. The first-order chi connectivity index (χ1) is 10.3. The molecule has 0 aliphatic carbocycles. The molecule has 0 aromatic heterocycles. The van der Waals surface area contributed by atoms with Crippen LogP contribution in [-0.2, 0) is 6.67 Å². The van der Waals surface area contributed by atoms with Crippen LogP contribution in [0.1, 0.15) is 36.7 Å². The van der Waals surface area contributed by atoms with Crippen LogP contribution in [0.3, 0.4) is 0 Å². The number of rotatable bonds is 6. The van der Waals surface area contributed by atoms with Gasteiger partial charge in [0.05, 0.1) is 6.33 Å². The van der Waals surface area contributed by atoms with Gasteiger partial charge in [0, 0.05) is 23.2 Å². The third-order valence-corrected chi connectivity index (χ3v) is 2.79. The van der Waals surface area contributed by atoms with Crippen LogP contribution in [0.25, 0.3) is 0 Å². The molecule has 0 saturated carbocycles. The largest absolute Gasteiger partial charge is 0.489 e. The zero-order chi connectivity index (χ0) is 16.8. The van der Waals surface area contributed by atoms with Crippen LogP contribution >= 0.6 is 0 Å². The number of nitrogens with two attached hydrogens (primary N) is 1. The van der Waals surface area contributed by atoms with Crippen molar-refractivity contribution in [2.24, 2.45) is 5.73 Å². The Bertz CT molecular complexity index is 552. The molecule has 0 atom stereocenters. The smallest absolute Gasteiger partial charge is 0.252 e. The van der Waals surface area contributed by atoms with Gasteiger partial charge in [0.25, 0.3) is 5.91 Å². The Labute approximate surface area is 129 Å². The summed E-state index contributed by atoms with van der Waals surface area (Å²) in [4.78, 5) is 12.1. The van der Waals surface area contributed by atoms with E-state index in [1.54, 1.807) is 6.07 Å². The number of carbonyl (C=O) groups excluding carboxylic acids is 1. The van der Waals surface area contributed by atoms with E-state index in [0.29, 0.717) is 12.1 Å². The first-order valence-electron chi connectivity index (χ1n) is 6.93. The molecular weight excluding hydrogens is 290 g/mol. The van der Waals surface area contributed by atoms with E-state index in [9.17, 15) is 13.6 Å². The monoisotopic (exact) mass is 312 g/mol. The van der Waals surface area contributed by atoms with Gasteiger partial charge in [-0.2, -0.15) is 0 Å². The van der Waals surface area contributed by atoms with Crippen molar-refractivity contribution < 1.29 is 18.3 Å². The van der Waals surface area contributed by atoms with E-state index in [2.05, 4.69) is 5.32 Å². The number of ether oxygens (including phenoxy) is 1. The van der Waals surface area contributed by atoms with Gasteiger partial charge in [-0.25, -0.2) is 8.78 Å². The maximum Gasteiger partial charge on any atom is 0.252 e. The highest BCUT2D eigenvalue weighted by atomic mass is 19.1. The molecule has 1 rings (SSSR count). The second-order valence-electron chi connectivity index (χ2n) is 5.92. The van der Waals surface area contributed by atoms with Crippen LogP contribution in [0.2, 0.25) is 0 Å². The third kappa shape index (κ3) is 5.44. The van der Waals surface area contributed by atoms with Gasteiger partial charge in [0.2, 0.25) is 0 Å². The molecule has 22 heavy (non-hydrogen) atoms. The zero-order valence-corrected chi connectivity index (χ0v) is 13.1. The molecule has 0 heterocycles. The fourth-order valence-electron chi connectivity index (χ4n) is 1.71. The fraction of sp³-hybridized carbons (Fsp3) is 0.438. The summed E-state index contributed by atoms with van der Waals surface area (Å²) in [7, 11) is 0. The molecule has 6 heteroatoms. The lowest BCUT2D eigenvalue weighted by Crippen LogP contribution is -2.40. The van der Waals surface area contributed by atoms with Crippen molar-refractivity contribution in [1.29, 1.82) is 0 Å². The van der Waals surface area contributed by atoms with Gasteiger partial charge in [-0.3, -0.25) is 4.79 Å². The predicted molar refractivity (Wildman–Crippen MR) is 82.2 cm³/mol. The van der Waals surface area contributed by atoms with Gasteiger partial charge in [0.1, 0.15) is 19.0 Å². The Kier molecular flexibility index (Phi) is 6.49. The first-order valence-corrected chi connectivity index (χ1v) is 6.93. The van der Waals surface area contributed by atoms with Gasteiger partial charge in [-0.05, 0) is 44.5 Å². The number of nitrogens with one attached hydrogen (secondary N) is 1. The highest BCUT2D eigenvalue weighted by Gasteiger charge is 2.18. The van der Waals surface area contributed by atoms with Gasteiger partial charge >= 0.3 is 0 Å². The molecule has 0 spiro atoms. The Morgan fingerprint density at radius 2 is 2.09 bits per heavy atom. The van der Waals surface area contributed by atoms with Crippen LogP contribution in [0.5, 0.6) is 5.75 Å². The Morgan fingerprint density at radius 3 is 2.59 bits per heavy atom. The van der Waals surface area contributed by atoms with Gasteiger partial charge in [-0.15, -0.1) is 0 Å². The van der Waals surface area contributed by atoms with Crippen molar-refractivity contribution >= 4 is 5.91 Å². The number of amides is 1. The third-order valence-electron chi connectivity index (χ3n) is 2.79. The van der Waals surface area contributed by atoms with E-state index in [-0.39, 0.29) is 35.8 Å². The predicted octanol–water partition coefficient (Wildman–Crippen LogP) is 2.88. The van der Waals surface area contributed by atoms with Crippen molar-refractivity contribution in [3.05, 3.63) is 41.2 Å². The average Bonchev–Trinajstić information content (AvgIpc) is 2.46. The summed E-state index contributed by atoms with van der Waals surface area (Å²) in [5.41, 5.74) is 5.67. The number of benzene rings is 1. The van der Waals surface area contributed by atoms with Crippen molar-refractivity contribution in [3.8, 4) is 5.75 Å². The van der Waals surface area contributed by atoms with E-state index in [1.165, 1.54) is 12.1 Å². The first kappa shape index (κ1) is 18.1. The SMILES string of the molecule is CC(C)(C)NC(=O)c1ccc(OC/C(=C/F)CN)cc1CF.